The van der Waals surface area contributed by atoms with Gasteiger partial charge in [-0.25, -0.2) is 0 Å². The number of carbonyl (C=O) groups is 2. The van der Waals surface area contributed by atoms with Gasteiger partial charge in [0.15, 0.2) is 0 Å². The number of carbonyl (C=O) groups excluding carboxylic acids is 2. The molecule has 0 radical (unpaired) electrons. The van der Waals surface area contributed by atoms with Gasteiger partial charge in [-0.05, 0) is 25.5 Å². The van der Waals surface area contributed by atoms with E-state index in [1.807, 2.05) is 44.2 Å². The molecule has 4 nitrogen and oxygen atoms in total. The molecule has 1 unspecified atom stereocenters. The van der Waals surface area contributed by atoms with E-state index in [4.69, 9.17) is 4.74 Å². The molecule has 0 saturated carbocycles. The smallest absolute Gasteiger partial charge is 0.317 e. The third-order valence-electron chi connectivity index (χ3n) is 3.69. The van der Waals surface area contributed by atoms with E-state index in [0.29, 0.717) is 5.56 Å². The zero-order valence-electron chi connectivity index (χ0n) is 15.0. The largest absolute Gasteiger partial charge is 0.447 e. The molecule has 1 amide bonds. The van der Waals surface area contributed by atoms with Crippen molar-refractivity contribution < 1.29 is 14.3 Å². The Morgan fingerprint density at radius 2 is 1.76 bits per heavy atom. The first-order valence-electron chi connectivity index (χ1n) is 8.04. The van der Waals surface area contributed by atoms with Crippen LogP contribution in [-0.2, 0) is 14.3 Å². The van der Waals surface area contributed by atoms with E-state index in [2.05, 4.69) is 6.07 Å². The molecule has 0 aliphatic rings. The van der Waals surface area contributed by atoms with Gasteiger partial charge in [-0.15, -0.1) is 11.8 Å². The standard InChI is InChI=1S/C20H23NO3S/c1-14-10-11-17(15(2)12-14)25-13-18(22)24-19(20(23)21(3)4)16-8-6-5-7-9-16/h5-12,19H,13H2,1-4H3. The van der Waals surface area contributed by atoms with Gasteiger partial charge in [-0.3, -0.25) is 9.59 Å². The lowest BCUT2D eigenvalue weighted by Gasteiger charge is -2.21. The normalized spacial score (nSPS) is 11.7. The van der Waals surface area contributed by atoms with Gasteiger partial charge in [-0.2, -0.15) is 0 Å². The van der Waals surface area contributed by atoms with Crippen molar-refractivity contribution in [3.8, 4) is 0 Å². The van der Waals surface area contributed by atoms with E-state index >= 15 is 0 Å². The third-order valence-corrected chi connectivity index (χ3v) is 4.84. The summed E-state index contributed by atoms with van der Waals surface area (Å²) in [5.74, 6) is -0.501. The molecule has 132 valence electrons. The van der Waals surface area contributed by atoms with E-state index in [0.717, 1.165) is 10.5 Å². The van der Waals surface area contributed by atoms with Crippen LogP contribution in [0.25, 0.3) is 0 Å². The van der Waals surface area contributed by atoms with Gasteiger partial charge in [0.05, 0.1) is 5.75 Å². The van der Waals surface area contributed by atoms with Crippen LogP contribution < -0.4 is 0 Å². The van der Waals surface area contributed by atoms with Crippen molar-refractivity contribution in [2.24, 2.45) is 0 Å². The number of hydrogen-bond donors (Lipinski definition) is 0. The van der Waals surface area contributed by atoms with Crippen molar-refractivity contribution in [3.63, 3.8) is 0 Å². The molecule has 1 atom stereocenters. The number of aryl methyl sites for hydroxylation is 2. The second kappa shape index (κ2) is 8.72. The van der Waals surface area contributed by atoms with Crippen LogP contribution in [0.1, 0.15) is 22.8 Å². The van der Waals surface area contributed by atoms with Crippen LogP contribution in [0.3, 0.4) is 0 Å². The van der Waals surface area contributed by atoms with Gasteiger partial charge >= 0.3 is 5.97 Å². The molecule has 0 spiro atoms. The summed E-state index contributed by atoms with van der Waals surface area (Å²) in [6.45, 7) is 4.05. The highest BCUT2D eigenvalue weighted by atomic mass is 32.2. The Balaban J connectivity index is 2.05. The van der Waals surface area contributed by atoms with Gasteiger partial charge in [0, 0.05) is 24.6 Å². The molecule has 0 aliphatic heterocycles. The number of ether oxygens (including phenoxy) is 1. The fourth-order valence-electron chi connectivity index (χ4n) is 2.39. The highest BCUT2D eigenvalue weighted by Crippen LogP contribution is 2.25. The molecule has 0 fully saturated rings. The highest BCUT2D eigenvalue weighted by molar-refractivity contribution is 8.00. The van der Waals surface area contributed by atoms with Crippen LogP contribution in [0.2, 0.25) is 0 Å². The summed E-state index contributed by atoms with van der Waals surface area (Å²) in [5.41, 5.74) is 2.98. The number of benzene rings is 2. The molecule has 0 N–H and O–H groups in total. The summed E-state index contributed by atoms with van der Waals surface area (Å²) in [7, 11) is 3.30. The van der Waals surface area contributed by atoms with E-state index in [1.165, 1.54) is 22.2 Å². The van der Waals surface area contributed by atoms with Crippen LogP contribution in [0.5, 0.6) is 0 Å². The Hall–Kier alpha value is -2.27. The quantitative estimate of drug-likeness (QED) is 0.583. The lowest BCUT2D eigenvalue weighted by atomic mass is 10.1. The van der Waals surface area contributed by atoms with Crippen LogP contribution in [0, 0.1) is 13.8 Å². The van der Waals surface area contributed by atoms with Gasteiger partial charge in [0.1, 0.15) is 0 Å². The molecule has 0 aliphatic carbocycles. The lowest BCUT2D eigenvalue weighted by Crippen LogP contribution is -2.31. The minimum Gasteiger partial charge on any atom is -0.447 e. The molecule has 0 saturated heterocycles. The minimum atomic E-state index is -0.914. The molecule has 2 aromatic carbocycles. The topological polar surface area (TPSA) is 46.6 Å². The predicted octanol–water partition coefficient (Wildman–Crippen LogP) is 3.77. The maximum atomic E-state index is 12.4. The molecule has 0 aromatic heterocycles. The first-order chi connectivity index (χ1) is 11.9. The highest BCUT2D eigenvalue weighted by Gasteiger charge is 2.26. The first kappa shape index (κ1) is 19.1. The minimum absolute atomic E-state index is 0.161. The molecule has 2 aromatic rings. The number of rotatable bonds is 6. The first-order valence-corrected chi connectivity index (χ1v) is 9.02. The fraction of sp³-hybridized carbons (Fsp3) is 0.300. The van der Waals surface area contributed by atoms with E-state index in [-0.39, 0.29) is 11.7 Å². The summed E-state index contributed by atoms with van der Waals surface area (Å²) in [4.78, 5) is 27.2. The second-order valence-corrected chi connectivity index (χ2v) is 7.09. The zero-order chi connectivity index (χ0) is 18.4. The van der Waals surface area contributed by atoms with Crippen molar-refractivity contribution in [2.75, 3.05) is 19.8 Å². The molecule has 2 rings (SSSR count). The number of nitrogens with zero attached hydrogens (tertiary/aromatic N) is 1. The van der Waals surface area contributed by atoms with Crippen LogP contribution >= 0.6 is 11.8 Å². The van der Waals surface area contributed by atoms with Crippen molar-refractivity contribution in [3.05, 3.63) is 65.2 Å². The number of esters is 1. The molecule has 5 heteroatoms. The summed E-state index contributed by atoms with van der Waals surface area (Å²) >= 11 is 1.42. The van der Waals surface area contributed by atoms with E-state index in [1.54, 1.807) is 26.2 Å². The Morgan fingerprint density at radius 3 is 2.36 bits per heavy atom. The van der Waals surface area contributed by atoms with Crippen molar-refractivity contribution in [1.29, 1.82) is 0 Å². The Labute approximate surface area is 153 Å². The third kappa shape index (κ3) is 5.36. The summed E-state index contributed by atoms with van der Waals surface area (Å²) < 4.78 is 5.49. The number of thioether (sulfide) groups is 1. The monoisotopic (exact) mass is 357 g/mol. The summed E-state index contributed by atoms with van der Waals surface area (Å²) in [6.07, 6.45) is -0.914. The SMILES string of the molecule is Cc1ccc(SCC(=O)OC(C(=O)N(C)C)c2ccccc2)c(C)c1. The maximum absolute atomic E-state index is 12.4. The average molecular weight is 357 g/mol. The molecular weight excluding hydrogens is 334 g/mol. The van der Waals surface area contributed by atoms with Crippen LogP contribution in [-0.4, -0.2) is 36.6 Å². The van der Waals surface area contributed by atoms with Crippen LogP contribution in [0.4, 0.5) is 0 Å². The number of hydrogen-bond acceptors (Lipinski definition) is 4. The summed E-state index contributed by atoms with van der Waals surface area (Å²) in [5, 5.41) is 0. The number of amides is 1. The van der Waals surface area contributed by atoms with Gasteiger partial charge in [-0.1, -0.05) is 48.0 Å². The average Bonchev–Trinajstić information content (AvgIpc) is 2.59. The van der Waals surface area contributed by atoms with Crippen molar-refractivity contribution in [1.82, 2.24) is 4.90 Å². The molecular formula is C20H23NO3S. The van der Waals surface area contributed by atoms with Crippen molar-refractivity contribution in [2.45, 2.75) is 24.8 Å². The Kier molecular flexibility index (Phi) is 6.65. The Bertz CT molecular complexity index is 744. The second-order valence-electron chi connectivity index (χ2n) is 6.07. The van der Waals surface area contributed by atoms with Gasteiger partial charge in [0.2, 0.25) is 6.10 Å². The molecule has 0 bridgehead atoms. The summed E-state index contributed by atoms with van der Waals surface area (Å²) in [6, 6.07) is 15.2. The Morgan fingerprint density at radius 1 is 1.08 bits per heavy atom. The van der Waals surface area contributed by atoms with E-state index in [9.17, 15) is 9.59 Å². The van der Waals surface area contributed by atoms with Gasteiger partial charge in [0.25, 0.3) is 5.91 Å². The van der Waals surface area contributed by atoms with Gasteiger partial charge < -0.3 is 9.64 Å². The zero-order valence-corrected chi connectivity index (χ0v) is 15.8. The van der Waals surface area contributed by atoms with E-state index < -0.39 is 12.1 Å². The molecule has 25 heavy (non-hydrogen) atoms. The maximum Gasteiger partial charge on any atom is 0.317 e. The molecule has 0 heterocycles. The lowest BCUT2D eigenvalue weighted by molar-refractivity contribution is -0.157. The van der Waals surface area contributed by atoms with Crippen molar-refractivity contribution >= 4 is 23.6 Å². The van der Waals surface area contributed by atoms with Crippen LogP contribution in [0.15, 0.2) is 53.4 Å². The number of likely N-dealkylation sites (N-methyl/N-ethyl adjacent to an activating group) is 1. The predicted molar refractivity (Wildman–Crippen MR) is 101 cm³/mol. The fourth-order valence-corrected chi connectivity index (χ4v) is 3.18.